The van der Waals surface area contributed by atoms with E-state index in [4.69, 9.17) is 16.3 Å². The maximum Gasteiger partial charge on any atom is 0.317 e. The maximum absolute atomic E-state index is 13.9. The summed E-state index contributed by atoms with van der Waals surface area (Å²) < 4.78 is 65.2. The molecule has 4 unspecified atom stereocenters. The van der Waals surface area contributed by atoms with E-state index in [2.05, 4.69) is 102 Å². The van der Waals surface area contributed by atoms with E-state index in [1.807, 2.05) is 97.1 Å². The molecule has 0 fully saturated rings. The fraction of sp³-hybridized carbons (Fsp3) is 0.0820. The van der Waals surface area contributed by atoms with E-state index in [-0.39, 0.29) is 11.6 Å². The second kappa shape index (κ2) is 31.9. The number of rotatable bonds is 9. The number of methoxy groups -OCH3 is 1. The van der Waals surface area contributed by atoms with E-state index in [0.717, 1.165) is 38.0 Å². The highest BCUT2D eigenvalue weighted by Gasteiger charge is 2.26. The number of ether oxygens (including phenoxy) is 1. The van der Waals surface area contributed by atoms with Gasteiger partial charge in [0.1, 0.15) is 35.3 Å². The van der Waals surface area contributed by atoms with Crippen molar-refractivity contribution < 1.29 is 32.2 Å². The summed E-state index contributed by atoms with van der Waals surface area (Å²) in [6.45, 7) is 0. The second-order valence-corrected chi connectivity index (χ2v) is 21.9. The number of esters is 1. The second-order valence-electron chi connectivity index (χ2n) is 16.0. The molecule has 0 saturated carbocycles. The van der Waals surface area contributed by atoms with Crippen LogP contribution < -0.4 is 0 Å². The third-order valence-corrected chi connectivity index (χ3v) is 14.6. The standard InChI is InChI=1S/C15H12BrFO2.C14H9BrFN.C13H9BrClF.C13H10BrFO.C6H4Br2/c1-19-15(18)14(10-6-8-11(16)9-7-10)12-4-2-3-5-13(12)17;15-11-7-5-10(6-8-11)13(9-17)12-3-1-2-4-14(12)16;14-10-7-5-9(6-8-10)13(15)11-3-1-2-4-12(11)16;14-10-7-5-9(6-8-10)13(16)11-3-1-2-4-12(11)15;7-5-1-2-6(8)4-3-5/h2-9,14H,1H3;1-8,13H;1-8,13H;1-8,13,16H;1-4H. The molecule has 1 N–H and O–H groups in total. The van der Waals surface area contributed by atoms with Gasteiger partial charge in [0.2, 0.25) is 0 Å². The molecule has 76 heavy (non-hydrogen) atoms. The van der Waals surface area contributed by atoms with Gasteiger partial charge in [-0.05, 0) is 119 Å². The molecule has 0 heterocycles. The average Bonchev–Trinajstić information content (AvgIpc) is 3.43. The lowest BCUT2D eigenvalue weighted by Gasteiger charge is -2.16. The Labute approximate surface area is 495 Å². The highest BCUT2D eigenvalue weighted by Crippen LogP contribution is 2.33. The lowest BCUT2D eigenvalue weighted by atomic mass is 9.91. The van der Waals surface area contributed by atoms with E-state index in [1.165, 1.54) is 31.4 Å². The largest absolute Gasteiger partial charge is 0.468 e. The summed E-state index contributed by atoms with van der Waals surface area (Å²) in [7, 11) is 1.30. The zero-order valence-corrected chi connectivity index (χ0v) is 50.2. The lowest BCUT2D eigenvalue weighted by molar-refractivity contribution is -0.141. The molecule has 0 radical (unpaired) electrons. The van der Waals surface area contributed by atoms with Crippen molar-refractivity contribution in [2.75, 3.05) is 7.11 Å². The molecule has 0 aliphatic heterocycles. The van der Waals surface area contributed by atoms with Crippen molar-refractivity contribution in [1.82, 2.24) is 0 Å². The molecule has 9 aromatic rings. The van der Waals surface area contributed by atoms with Crippen molar-refractivity contribution in [3.05, 3.63) is 313 Å². The van der Waals surface area contributed by atoms with Gasteiger partial charge >= 0.3 is 5.97 Å². The monoisotopic (exact) mass is 1420 g/mol. The minimum Gasteiger partial charge on any atom is -0.468 e. The van der Waals surface area contributed by atoms with Crippen molar-refractivity contribution in [3.63, 3.8) is 0 Å². The van der Waals surface area contributed by atoms with Gasteiger partial charge in [-0.25, -0.2) is 17.6 Å². The molecule has 9 rings (SSSR count). The number of carbonyl (C=O) groups excluding carboxylic acids is 1. The maximum atomic E-state index is 13.9. The highest BCUT2D eigenvalue weighted by atomic mass is 79.9. The van der Waals surface area contributed by atoms with Gasteiger partial charge in [-0.3, -0.25) is 4.79 Å². The SMILES string of the molecule is Brc1ccc(Br)cc1.COC(=O)C(c1ccc(Br)cc1)c1ccccc1F.Fc1ccccc1C(Cl)c1ccc(Br)cc1.N#CC(c1ccc(Br)cc1)c1ccccc1F.OC(c1ccc(Br)cc1)c1ccccc1F. The normalized spacial score (nSPS) is 11.8. The summed E-state index contributed by atoms with van der Waals surface area (Å²) in [6.07, 6.45) is -0.922. The van der Waals surface area contributed by atoms with Crippen LogP contribution in [-0.4, -0.2) is 18.2 Å². The van der Waals surface area contributed by atoms with Crippen molar-refractivity contribution in [3.8, 4) is 6.07 Å². The first kappa shape index (κ1) is 61.6. The van der Waals surface area contributed by atoms with Crippen LogP contribution in [0, 0.1) is 34.6 Å². The Morgan fingerprint density at radius 2 is 0.724 bits per heavy atom. The molecular formula is C61H44Br6ClF4NO3. The minimum absolute atomic E-state index is 0.273. The number of nitriles is 1. The molecule has 0 aliphatic carbocycles. The summed E-state index contributed by atoms with van der Waals surface area (Å²) in [5, 5.41) is 18.8. The van der Waals surface area contributed by atoms with E-state index in [9.17, 15) is 32.7 Å². The van der Waals surface area contributed by atoms with Crippen molar-refractivity contribution in [2.45, 2.75) is 23.3 Å². The first-order valence-corrected chi connectivity index (χ1v) is 27.9. The summed E-state index contributed by atoms with van der Waals surface area (Å²) in [5.74, 6) is -3.22. The first-order valence-electron chi connectivity index (χ1n) is 22.7. The zero-order chi connectivity index (χ0) is 55.1. The van der Waals surface area contributed by atoms with Crippen LogP contribution >= 0.6 is 107 Å². The number of hydrogen-bond acceptors (Lipinski definition) is 4. The van der Waals surface area contributed by atoms with Gasteiger partial charge < -0.3 is 9.84 Å². The van der Waals surface area contributed by atoms with Gasteiger partial charge in [0.25, 0.3) is 0 Å². The van der Waals surface area contributed by atoms with Crippen LogP contribution in [0.5, 0.6) is 0 Å². The van der Waals surface area contributed by atoms with Gasteiger partial charge in [0.15, 0.2) is 0 Å². The number of alkyl halides is 1. The number of carbonyl (C=O) groups is 1. The Bertz CT molecular complexity index is 3160. The molecule has 0 spiro atoms. The number of benzene rings is 9. The molecule has 15 heteroatoms. The van der Waals surface area contributed by atoms with Crippen LogP contribution in [-0.2, 0) is 9.53 Å². The van der Waals surface area contributed by atoms with Crippen LogP contribution in [0.2, 0.25) is 0 Å². The van der Waals surface area contributed by atoms with Gasteiger partial charge in [0.05, 0.1) is 24.5 Å². The molecular weight excluding hydrogens is 1390 g/mol. The fourth-order valence-corrected chi connectivity index (χ4v) is 8.96. The molecule has 0 amide bonds. The van der Waals surface area contributed by atoms with E-state index in [0.29, 0.717) is 33.4 Å². The quantitative estimate of drug-likeness (QED) is 0.0888. The van der Waals surface area contributed by atoms with Crippen LogP contribution in [0.15, 0.2) is 245 Å². The van der Waals surface area contributed by atoms with Crippen molar-refractivity contribution >= 4 is 113 Å². The smallest absolute Gasteiger partial charge is 0.317 e. The molecule has 0 saturated heterocycles. The van der Waals surface area contributed by atoms with Crippen molar-refractivity contribution in [1.29, 1.82) is 5.26 Å². The van der Waals surface area contributed by atoms with E-state index in [1.54, 1.807) is 97.1 Å². The number of hydrogen-bond donors (Lipinski definition) is 1. The number of nitrogens with zero attached hydrogens (tertiary/aromatic N) is 1. The number of halogens is 11. The predicted molar refractivity (Wildman–Crippen MR) is 317 cm³/mol. The van der Waals surface area contributed by atoms with E-state index >= 15 is 0 Å². The van der Waals surface area contributed by atoms with Crippen LogP contribution in [0.3, 0.4) is 0 Å². The highest BCUT2D eigenvalue weighted by molar-refractivity contribution is 9.11. The predicted octanol–water partition coefficient (Wildman–Crippen LogP) is 19.9. The molecule has 4 nitrogen and oxygen atoms in total. The average molecular weight is 1430 g/mol. The Morgan fingerprint density at radius 3 is 1.08 bits per heavy atom. The Balaban J connectivity index is 0.000000179. The summed E-state index contributed by atoms with van der Waals surface area (Å²) >= 11 is 26.2. The zero-order valence-electron chi connectivity index (χ0n) is 40.0. The van der Waals surface area contributed by atoms with Crippen LogP contribution in [0.25, 0.3) is 0 Å². The number of aliphatic hydroxyl groups is 1. The summed E-state index contributed by atoms with van der Waals surface area (Å²) in [6, 6.07) is 64.8. The Morgan fingerprint density at radius 1 is 0.434 bits per heavy atom. The van der Waals surface area contributed by atoms with Gasteiger partial charge in [-0.1, -0.05) is 217 Å². The fourth-order valence-electron chi connectivity index (χ4n) is 7.06. The topological polar surface area (TPSA) is 70.3 Å². The lowest BCUT2D eigenvalue weighted by Crippen LogP contribution is -2.16. The summed E-state index contributed by atoms with van der Waals surface area (Å²) in [4.78, 5) is 11.9. The Hall–Kier alpha value is -5.21. The van der Waals surface area contributed by atoms with E-state index < -0.39 is 40.9 Å². The van der Waals surface area contributed by atoms with Gasteiger partial charge in [-0.2, -0.15) is 5.26 Å². The van der Waals surface area contributed by atoms with Gasteiger partial charge in [0, 0.05) is 49.1 Å². The first-order chi connectivity index (χ1) is 36.5. The Kier molecular flexibility index (Phi) is 25.9. The van der Waals surface area contributed by atoms with Gasteiger partial charge in [-0.15, -0.1) is 11.6 Å². The molecule has 0 aliphatic rings. The van der Waals surface area contributed by atoms with Crippen LogP contribution in [0.4, 0.5) is 17.6 Å². The van der Waals surface area contributed by atoms with Crippen LogP contribution in [0.1, 0.15) is 67.8 Å². The molecule has 388 valence electrons. The third-order valence-electron chi connectivity index (χ3n) is 10.9. The molecule has 4 atom stereocenters. The number of aliphatic hydroxyl groups excluding tert-OH is 1. The van der Waals surface area contributed by atoms with Crippen molar-refractivity contribution in [2.24, 2.45) is 0 Å². The third kappa shape index (κ3) is 19.1. The molecule has 9 aromatic carbocycles. The summed E-state index contributed by atoms with van der Waals surface area (Å²) in [5.41, 5.74) is 4.58. The molecule has 0 aromatic heterocycles. The molecule has 0 bridgehead atoms. The minimum atomic E-state index is -0.922.